The Hall–Kier alpha value is -0.530. The van der Waals surface area contributed by atoms with Gasteiger partial charge in [0.15, 0.2) is 0 Å². The zero-order valence-corrected chi connectivity index (χ0v) is 26.9. The van der Waals surface area contributed by atoms with Crippen LogP contribution in [0.15, 0.2) is 0 Å². The molecule has 0 amide bonds. The Bertz CT molecular complexity index is 976. The van der Waals surface area contributed by atoms with E-state index in [0.717, 1.165) is 32.1 Å². The van der Waals surface area contributed by atoms with Gasteiger partial charge in [0.25, 0.3) is 0 Å². The van der Waals surface area contributed by atoms with Crippen molar-refractivity contribution in [3.05, 3.63) is 0 Å². The standard InChI is InChI=1S/C23H47NO12S4/c1-4-5-6-7-8-9-10-11-12-13-14-15-16-17-18-19-20-22(39(31,32)33,40(34,35)36)24(2,3)23(21(25)26,37(27)28)38(29)30/h4-20H2,1-3H3,(H4-,25,26,27,28,29,30,31,32,33,34,35,36). The van der Waals surface area contributed by atoms with Gasteiger partial charge in [-0.3, -0.25) is 13.6 Å². The number of rotatable bonds is 24. The Morgan fingerprint density at radius 3 is 1.18 bits per heavy atom. The predicted molar refractivity (Wildman–Crippen MR) is 151 cm³/mol. The van der Waals surface area contributed by atoms with Crippen LogP contribution >= 0.6 is 0 Å². The maximum absolute atomic E-state index is 12.5. The number of unbranched alkanes of at least 4 members (excludes halogenated alkanes) is 15. The van der Waals surface area contributed by atoms with E-state index in [0.29, 0.717) is 20.5 Å². The molecule has 240 valence electrons. The number of carboxylic acid groups (broad SMARTS) is 1. The van der Waals surface area contributed by atoms with E-state index in [1.807, 2.05) is 0 Å². The molecule has 0 heterocycles. The SMILES string of the molecule is CCCCCCCCCCCCCCCCCCC([N+](C)(C)C(C(=O)[O-])(S(=O)O)S(=O)O)(S(=O)(=O)O)S(=O)(=O)O. The summed E-state index contributed by atoms with van der Waals surface area (Å²) >= 11 is -7.84. The first-order valence-electron chi connectivity index (χ1n) is 13.6. The van der Waals surface area contributed by atoms with Crippen LogP contribution in [0.3, 0.4) is 0 Å². The monoisotopic (exact) mass is 657 g/mol. The summed E-state index contributed by atoms with van der Waals surface area (Å²) < 4.78 is 103. The lowest BCUT2D eigenvalue weighted by Crippen LogP contribution is -2.81. The van der Waals surface area contributed by atoms with Crippen molar-refractivity contribution in [1.82, 2.24) is 0 Å². The Kier molecular flexibility index (Phi) is 17.3. The minimum absolute atomic E-state index is 0.202. The number of aliphatic carboxylic acids is 1. The van der Waals surface area contributed by atoms with E-state index in [1.54, 1.807) is 0 Å². The summed E-state index contributed by atoms with van der Waals surface area (Å²) in [5.41, 5.74) is 0. The van der Waals surface area contributed by atoms with E-state index >= 15 is 0 Å². The molecule has 0 aromatic carbocycles. The fourth-order valence-electron chi connectivity index (χ4n) is 5.19. The Labute approximate surface area is 244 Å². The third kappa shape index (κ3) is 9.49. The van der Waals surface area contributed by atoms with E-state index in [9.17, 15) is 53.4 Å². The summed E-state index contributed by atoms with van der Waals surface area (Å²) in [5, 5.41) is 11.9. The van der Waals surface area contributed by atoms with E-state index in [4.69, 9.17) is 0 Å². The molecule has 0 aliphatic heterocycles. The minimum Gasteiger partial charge on any atom is -0.542 e. The Balaban J connectivity index is 5.21. The van der Waals surface area contributed by atoms with Crippen LogP contribution in [0, 0.1) is 0 Å². The second-order valence-corrected chi connectivity index (χ2v) is 16.5. The number of hydrogen-bond donors (Lipinski definition) is 4. The highest BCUT2D eigenvalue weighted by atomic mass is 32.3. The van der Waals surface area contributed by atoms with E-state index in [2.05, 4.69) is 6.92 Å². The molecule has 17 heteroatoms. The quantitative estimate of drug-likeness (QED) is 0.0509. The number of quaternary nitrogens is 1. The van der Waals surface area contributed by atoms with Crippen molar-refractivity contribution in [3.63, 3.8) is 0 Å². The zero-order valence-electron chi connectivity index (χ0n) is 23.7. The lowest BCUT2D eigenvalue weighted by atomic mass is 10.0. The van der Waals surface area contributed by atoms with Crippen LogP contribution < -0.4 is 5.11 Å². The minimum atomic E-state index is -5.99. The molecule has 0 saturated heterocycles. The van der Waals surface area contributed by atoms with Gasteiger partial charge in [0, 0.05) is 6.42 Å². The third-order valence-corrected chi connectivity index (χ3v) is 14.7. The summed E-state index contributed by atoms with van der Waals surface area (Å²) in [6.07, 6.45) is 14.1. The number of carbonyl (C=O) groups is 1. The molecule has 0 radical (unpaired) electrons. The molecule has 0 fully saturated rings. The van der Waals surface area contributed by atoms with Crippen LogP contribution in [0.5, 0.6) is 0 Å². The lowest BCUT2D eigenvalue weighted by molar-refractivity contribution is -0.926. The van der Waals surface area contributed by atoms with Gasteiger partial charge in [-0.15, -0.1) is 0 Å². The molecule has 0 spiro atoms. The number of hydrogen-bond acceptors (Lipinski definition) is 8. The second kappa shape index (κ2) is 17.6. The third-order valence-electron chi connectivity index (χ3n) is 7.47. The van der Waals surface area contributed by atoms with Gasteiger partial charge >= 0.3 is 28.6 Å². The van der Waals surface area contributed by atoms with Crippen molar-refractivity contribution in [1.29, 1.82) is 0 Å². The first-order chi connectivity index (χ1) is 18.4. The molecule has 13 nitrogen and oxygen atoms in total. The molecule has 4 N–H and O–H groups in total. The van der Waals surface area contributed by atoms with Crippen molar-refractivity contribution in [2.45, 2.75) is 124 Å². The van der Waals surface area contributed by atoms with Crippen molar-refractivity contribution in [2.24, 2.45) is 0 Å². The van der Waals surface area contributed by atoms with Gasteiger partial charge in [-0.1, -0.05) is 103 Å². The normalized spacial score (nSPS) is 16.4. The smallest absolute Gasteiger partial charge is 0.350 e. The van der Waals surface area contributed by atoms with Gasteiger partial charge in [-0.05, 0) is 6.42 Å². The van der Waals surface area contributed by atoms with Crippen molar-refractivity contribution >= 4 is 48.4 Å². The molecule has 0 aliphatic rings. The highest BCUT2D eigenvalue weighted by Gasteiger charge is 2.76. The number of carboxylic acids is 1. The number of likely N-dealkylation sites (N-methyl/N-ethyl adjacent to an activating group) is 1. The van der Waals surface area contributed by atoms with Crippen LogP contribution in [-0.4, -0.2) is 76.4 Å². The van der Waals surface area contributed by atoms with Gasteiger partial charge in [0.05, 0.1) is 14.1 Å². The van der Waals surface area contributed by atoms with Crippen LogP contribution in [0.4, 0.5) is 0 Å². The summed E-state index contributed by atoms with van der Waals surface area (Å²) in [4.78, 5) is 11.9. The fraction of sp³-hybridized carbons (Fsp3) is 0.957. The molecule has 2 atom stereocenters. The molecule has 0 rings (SSSR count). The average Bonchev–Trinajstić information content (AvgIpc) is 2.78. The molecule has 0 aliphatic carbocycles. The van der Waals surface area contributed by atoms with Gasteiger partial charge in [0.1, 0.15) is 5.97 Å². The highest BCUT2D eigenvalue weighted by Crippen LogP contribution is 2.45. The second-order valence-electron chi connectivity index (χ2n) is 10.5. The average molecular weight is 658 g/mol. The molecule has 0 saturated carbocycles. The fourth-order valence-corrected chi connectivity index (χ4v) is 10.6. The molecule has 0 aromatic rings. The Morgan fingerprint density at radius 1 is 0.675 bits per heavy atom. The van der Waals surface area contributed by atoms with E-state index < -0.39 is 67.7 Å². The number of carbonyl (C=O) groups excluding carboxylic acids is 1. The first kappa shape index (κ1) is 39.5. The van der Waals surface area contributed by atoms with Crippen LogP contribution in [-0.2, 0) is 47.2 Å². The van der Waals surface area contributed by atoms with Crippen LogP contribution in [0.2, 0.25) is 0 Å². The van der Waals surface area contributed by atoms with Crippen molar-refractivity contribution in [3.8, 4) is 0 Å². The topological polar surface area (TPSA) is 223 Å². The molecule has 0 bridgehead atoms. The maximum atomic E-state index is 12.5. The molecule has 40 heavy (non-hydrogen) atoms. The highest BCUT2D eigenvalue weighted by molar-refractivity contribution is 8.05. The largest absolute Gasteiger partial charge is 0.542 e. The van der Waals surface area contributed by atoms with Gasteiger partial charge in [0.2, 0.25) is 22.2 Å². The van der Waals surface area contributed by atoms with E-state index in [1.165, 1.54) is 51.4 Å². The van der Waals surface area contributed by atoms with Gasteiger partial charge < -0.3 is 19.0 Å². The summed E-state index contributed by atoms with van der Waals surface area (Å²) in [6.45, 7) is 2.19. The zero-order chi connectivity index (χ0) is 31.3. The molecule has 2 unspecified atom stereocenters. The van der Waals surface area contributed by atoms with E-state index in [-0.39, 0.29) is 12.8 Å². The lowest BCUT2D eigenvalue weighted by Gasteiger charge is -2.51. The van der Waals surface area contributed by atoms with Crippen molar-refractivity contribution in [2.75, 3.05) is 14.1 Å². The summed E-state index contributed by atoms with van der Waals surface area (Å²) in [7, 11) is -11.1. The molecular weight excluding hydrogens is 611 g/mol. The van der Waals surface area contributed by atoms with Crippen LogP contribution in [0.25, 0.3) is 0 Å². The first-order valence-corrected chi connectivity index (χ1v) is 18.7. The van der Waals surface area contributed by atoms with Crippen LogP contribution in [0.1, 0.15) is 116 Å². The van der Waals surface area contributed by atoms with Gasteiger partial charge in [-0.2, -0.15) is 16.8 Å². The van der Waals surface area contributed by atoms with Gasteiger partial charge in [-0.25, -0.2) is 8.42 Å². The predicted octanol–water partition coefficient (Wildman–Crippen LogP) is 2.99. The Morgan fingerprint density at radius 2 is 0.950 bits per heavy atom. The number of nitrogens with zero attached hydrogens (tertiary/aromatic N) is 1. The van der Waals surface area contributed by atoms with Crippen molar-refractivity contribution < 1.29 is 57.8 Å². The maximum Gasteiger partial charge on any atom is 0.350 e. The molecular formula is C23H47NO12S4. The summed E-state index contributed by atoms with van der Waals surface area (Å²) in [6, 6.07) is 0. The molecule has 0 aromatic heterocycles. The summed E-state index contributed by atoms with van der Waals surface area (Å²) in [5.74, 6) is -2.75.